The molecule has 1 amide bonds. The summed E-state index contributed by atoms with van der Waals surface area (Å²) < 4.78 is 23.7. The van der Waals surface area contributed by atoms with Crippen molar-refractivity contribution in [3.63, 3.8) is 0 Å². The minimum atomic E-state index is -4.35. The van der Waals surface area contributed by atoms with E-state index in [0.29, 0.717) is 17.4 Å². The number of quaternary nitrogens is 1. The lowest BCUT2D eigenvalue weighted by Crippen LogP contribution is -2.45. The normalized spacial score (nSPS) is 14.2. The van der Waals surface area contributed by atoms with Crippen LogP contribution in [-0.2, 0) is 18.4 Å². The first-order valence-electron chi connectivity index (χ1n) is 30.0. The Morgan fingerprint density at radius 1 is 0.486 bits per heavy atom. The number of allylic oxidation sites excluding steroid dienone is 7. The molecule has 0 aliphatic rings. The summed E-state index contributed by atoms with van der Waals surface area (Å²) in [6, 6.07) is -0.863. The zero-order valence-electron chi connectivity index (χ0n) is 47.0. The van der Waals surface area contributed by atoms with E-state index in [4.69, 9.17) is 9.05 Å². The fraction of sp³-hybridized carbons (Fsp3) is 0.852. The fourth-order valence-corrected chi connectivity index (χ4v) is 9.53. The molecule has 0 rings (SSSR count). The van der Waals surface area contributed by atoms with E-state index in [1.807, 2.05) is 27.2 Å². The Bertz CT molecular complexity index is 1280. The summed E-state index contributed by atoms with van der Waals surface area (Å²) in [5.41, 5.74) is 0. The lowest BCUT2D eigenvalue weighted by molar-refractivity contribution is -0.870. The second kappa shape index (κ2) is 52.3. The van der Waals surface area contributed by atoms with Crippen molar-refractivity contribution < 1.29 is 32.9 Å². The number of nitrogens with zero attached hydrogens (tertiary/aromatic N) is 1. The maximum atomic E-state index is 13.0. The molecule has 0 aliphatic carbocycles. The average Bonchev–Trinajstić information content (AvgIpc) is 3.32. The van der Waals surface area contributed by atoms with Crippen molar-refractivity contribution in [1.29, 1.82) is 0 Å². The zero-order valence-corrected chi connectivity index (χ0v) is 47.9. The Balaban J connectivity index is 4.10. The van der Waals surface area contributed by atoms with Crippen molar-refractivity contribution in [1.82, 2.24) is 5.32 Å². The number of amides is 1. The van der Waals surface area contributed by atoms with Crippen LogP contribution in [0.3, 0.4) is 0 Å². The largest absolute Gasteiger partial charge is 0.472 e. The van der Waals surface area contributed by atoms with Gasteiger partial charge in [-0.05, 0) is 64.2 Å². The summed E-state index contributed by atoms with van der Waals surface area (Å²) in [4.78, 5) is 23.3. The average molecular weight is 1010 g/mol. The maximum absolute atomic E-state index is 13.0. The van der Waals surface area contributed by atoms with Crippen LogP contribution in [0.25, 0.3) is 0 Å². The van der Waals surface area contributed by atoms with E-state index >= 15 is 0 Å². The van der Waals surface area contributed by atoms with Gasteiger partial charge in [0.1, 0.15) is 13.2 Å². The third kappa shape index (κ3) is 54.2. The molecule has 0 aliphatic heterocycles. The van der Waals surface area contributed by atoms with Crippen molar-refractivity contribution >= 4 is 13.7 Å². The predicted molar refractivity (Wildman–Crippen MR) is 304 cm³/mol. The Kier molecular flexibility index (Phi) is 51.2. The Labute approximate surface area is 435 Å². The van der Waals surface area contributed by atoms with Crippen LogP contribution in [0, 0.1) is 0 Å². The van der Waals surface area contributed by atoms with E-state index < -0.39 is 20.0 Å². The van der Waals surface area contributed by atoms with Crippen LogP contribution in [-0.4, -0.2) is 73.4 Å². The monoisotopic (exact) mass is 1010 g/mol. The van der Waals surface area contributed by atoms with Gasteiger partial charge in [0.15, 0.2) is 0 Å². The molecule has 0 bridgehead atoms. The number of aliphatic hydroxyl groups excluding tert-OH is 1. The number of unbranched alkanes of at least 4 members (excludes halogenated alkanes) is 36. The Morgan fingerprint density at radius 3 is 1.23 bits per heavy atom. The van der Waals surface area contributed by atoms with E-state index in [1.165, 1.54) is 218 Å². The van der Waals surface area contributed by atoms with E-state index in [1.54, 1.807) is 6.08 Å². The third-order valence-corrected chi connectivity index (χ3v) is 14.5. The van der Waals surface area contributed by atoms with E-state index in [-0.39, 0.29) is 19.1 Å². The van der Waals surface area contributed by atoms with Crippen LogP contribution in [0.2, 0.25) is 0 Å². The molecule has 0 aromatic heterocycles. The SMILES string of the molecule is CCCCCCC/C=C\C/C=C\CCCCCCCCCCCCCCCCCCCCCC(=O)NC(COP(=O)(O)OCC[N+](C)(C)C)C(O)/C=C/CC/C=C/CCCCCCCCCCCCC. The molecule has 0 spiro atoms. The molecule has 0 radical (unpaired) electrons. The van der Waals surface area contributed by atoms with Gasteiger partial charge < -0.3 is 19.8 Å². The van der Waals surface area contributed by atoms with Crippen LogP contribution in [0.5, 0.6) is 0 Å². The summed E-state index contributed by atoms with van der Waals surface area (Å²) in [5.74, 6) is -0.183. The predicted octanol–water partition coefficient (Wildman–Crippen LogP) is 18.3. The highest BCUT2D eigenvalue weighted by atomic mass is 31.2. The minimum absolute atomic E-state index is 0.0568. The van der Waals surface area contributed by atoms with E-state index in [9.17, 15) is 19.4 Å². The molecule has 8 nitrogen and oxygen atoms in total. The first-order chi connectivity index (χ1) is 34.0. The number of likely N-dealkylation sites (N-methyl/N-ethyl adjacent to an activating group) is 1. The van der Waals surface area contributed by atoms with Gasteiger partial charge in [0.05, 0.1) is 39.9 Å². The standard InChI is InChI=1S/C61H117N2O6P/c1-6-8-10-12-14-16-18-20-22-24-25-26-27-28-29-30-31-32-33-34-35-36-37-39-41-43-45-47-49-51-53-55-61(65)62-59(58-69-70(66,67)68-57-56-63(3,4)5)60(64)54-52-50-48-46-44-42-40-38-23-21-19-17-15-13-11-9-7-2/h18,20,24-25,44,46,52,54,59-60,64H,6-17,19,21-23,26-43,45,47-51,53,55-58H2,1-5H3,(H-,62,65,66,67)/p+1/b20-18-,25-24-,46-44+,54-52+. The quantitative estimate of drug-likeness (QED) is 0.0243. The molecule has 0 fully saturated rings. The highest BCUT2D eigenvalue weighted by Crippen LogP contribution is 2.43. The number of phosphoric ester groups is 1. The zero-order chi connectivity index (χ0) is 51.3. The number of phosphoric acid groups is 1. The number of carbonyl (C=O) groups excluding carboxylic acids is 1. The van der Waals surface area contributed by atoms with Crippen molar-refractivity contribution in [2.45, 2.75) is 296 Å². The van der Waals surface area contributed by atoms with E-state index in [2.05, 4.69) is 55.6 Å². The maximum Gasteiger partial charge on any atom is 0.472 e. The summed E-state index contributed by atoms with van der Waals surface area (Å²) in [7, 11) is 1.56. The fourth-order valence-electron chi connectivity index (χ4n) is 8.80. The molecular weight excluding hydrogens is 888 g/mol. The van der Waals surface area contributed by atoms with Gasteiger partial charge in [0, 0.05) is 6.42 Å². The molecule has 0 heterocycles. The number of aliphatic hydroxyl groups is 1. The lowest BCUT2D eigenvalue weighted by atomic mass is 10.0. The summed E-state index contributed by atoms with van der Waals surface area (Å²) >= 11 is 0. The van der Waals surface area contributed by atoms with Gasteiger partial charge >= 0.3 is 7.82 Å². The number of nitrogens with one attached hydrogen (secondary N) is 1. The van der Waals surface area contributed by atoms with Crippen LogP contribution in [0.15, 0.2) is 48.6 Å². The van der Waals surface area contributed by atoms with Gasteiger partial charge in [-0.3, -0.25) is 13.8 Å². The topological polar surface area (TPSA) is 105 Å². The number of carbonyl (C=O) groups is 1. The smallest absolute Gasteiger partial charge is 0.387 e. The van der Waals surface area contributed by atoms with Crippen molar-refractivity contribution in [2.24, 2.45) is 0 Å². The number of rotatable bonds is 55. The summed E-state index contributed by atoms with van der Waals surface area (Å²) in [6.45, 7) is 4.81. The molecular formula is C61H118N2O6P+. The molecule has 0 saturated heterocycles. The van der Waals surface area contributed by atoms with Crippen molar-refractivity contribution in [2.75, 3.05) is 40.9 Å². The van der Waals surface area contributed by atoms with Gasteiger partial charge in [-0.1, -0.05) is 262 Å². The second-order valence-corrected chi connectivity index (χ2v) is 23.2. The lowest BCUT2D eigenvalue weighted by Gasteiger charge is -2.25. The molecule has 70 heavy (non-hydrogen) atoms. The first kappa shape index (κ1) is 68.5. The third-order valence-electron chi connectivity index (χ3n) is 13.5. The molecule has 9 heteroatoms. The molecule has 3 atom stereocenters. The van der Waals surface area contributed by atoms with Gasteiger partial charge in [0.2, 0.25) is 5.91 Å². The number of hydrogen-bond acceptors (Lipinski definition) is 5. The molecule has 0 saturated carbocycles. The van der Waals surface area contributed by atoms with Gasteiger partial charge in [-0.15, -0.1) is 0 Å². The van der Waals surface area contributed by atoms with E-state index in [0.717, 1.165) is 44.9 Å². The highest BCUT2D eigenvalue weighted by Gasteiger charge is 2.27. The second-order valence-electron chi connectivity index (χ2n) is 21.7. The molecule has 3 unspecified atom stereocenters. The van der Waals surface area contributed by atoms with Crippen LogP contribution in [0.1, 0.15) is 284 Å². The minimum Gasteiger partial charge on any atom is -0.387 e. The first-order valence-corrected chi connectivity index (χ1v) is 31.5. The Hall–Kier alpha value is -1.54. The van der Waals surface area contributed by atoms with Gasteiger partial charge in [-0.2, -0.15) is 0 Å². The molecule has 0 aromatic rings. The highest BCUT2D eigenvalue weighted by molar-refractivity contribution is 7.47. The Morgan fingerprint density at radius 2 is 0.829 bits per heavy atom. The van der Waals surface area contributed by atoms with Crippen LogP contribution in [0.4, 0.5) is 0 Å². The number of hydrogen-bond donors (Lipinski definition) is 3. The van der Waals surface area contributed by atoms with Crippen molar-refractivity contribution in [3.05, 3.63) is 48.6 Å². The molecule has 412 valence electrons. The molecule has 0 aromatic carbocycles. The summed E-state index contributed by atoms with van der Waals surface area (Å²) in [5, 5.41) is 13.9. The molecule has 3 N–H and O–H groups in total. The van der Waals surface area contributed by atoms with Gasteiger partial charge in [0.25, 0.3) is 0 Å². The summed E-state index contributed by atoms with van der Waals surface area (Å²) in [6.07, 6.45) is 69.4. The van der Waals surface area contributed by atoms with Crippen LogP contribution >= 0.6 is 7.82 Å². The van der Waals surface area contributed by atoms with Crippen molar-refractivity contribution in [3.8, 4) is 0 Å². The van der Waals surface area contributed by atoms with Crippen LogP contribution < -0.4 is 5.32 Å². The van der Waals surface area contributed by atoms with Gasteiger partial charge in [-0.25, -0.2) is 4.57 Å².